The molecule has 1 heterocycles. The molecule has 0 aliphatic carbocycles. The average Bonchev–Trinajstić information content (AvgIpc) is 2.66. The lowest BCUT2D eigenvalue weighted by atomic mass is 9.97. The summed E-state index contributed by atoms with van der Waals surface area (Å²) in [6.45, 7) is 2.18. The molecule has 1 aliphatic rings. The zero-order chi connectivity index (χ0) is 18.9. The summed E-state index contributed by atoms with van der Waals surface area (Å²) in [5.74, 6) is -0.183. The predicted molar refractivity (Wildman–Crippen MR) is 104 cm³/mol. The normalized spacial score (nSPS) is 16.2. The molecule has 1 aromatic carbocycles. The minimum atomic E-state index is -0.498. The Morgan fingerprint density at radius 3 is 2.56 bits per heavy atom. The molecule has 0 radical (unpaired) electrons. The van der Waals surface area contributed by atoms with Crippen molar-refractivity contribution in [2.75, 3.05) is 32.8 Å². The third-order valence-corrected chi connectivity index (χ3v) is 4.31. The summed E-state index contributed by atoms with van der Waals surface area (Å²) in [5.41, 5.74) is 11.0. The van der Waals surface area contributed by atoms with Crippen LogP contribution in [0.1, 0.15) is 29.6 Å². The van der Waals surface area contributed by atoms with Gasteiger partial charge in [0.15, 0.2) is 0 Å². The molecule has 5 N–H and O–H groups in total. The molecule has 1 saturated heterocycles. The number of amides is 3. The van der Waals surface area contributed by atoms with E-state index in [9.17, 15) is 14.4 Å². The molecule has 0 aromatic heterocycles. The van der Waals surface area contributed by atoms with Crippen molar-refractivity contribution in [3.05, 3.63) is 29.8 Å². The highest BCUT2D eigenvalue weighted by Crippen LogP contribution is 2.18. The SMILES string of the molecule is Cl.NCCNC(=O)C1CCCN(C(=O)CCOc2ccc(C(N)=O)cc2)C1. The van der Waals surface area contributed by atoms with Gasteiger partial charge in [0, 0.05) is 31.7 Å². The standard InChI is InChI=1S/C18H26N4O4.ClH/c19-8-9-21-18(25)14-2-1-10-22(12-14)16(23)7-11-26-15-5-3-13(4-6-15)17(20)24;/h3-6,14H,1-2,7-12,19H2,(H2,20,24)(H,21,25);1H. The van der Waals surface area contributed by atoms with E-state index in [1.807, 2.05) is 0 Å². The van der Waals surface area contributed by atoms with E-state index < -0.39 is 5.91 Å². The van der Waals surface area contributed by atoms with Crippen molar-refractivity contribution >= 4 is 30.1 Å². The van der Waals surface area contributed by atoms with Gasteiger partial charge in [0.1, 0.15) is 5.75 Å². The number of likely N-dealkylation sites (tertiary alicyclic amines) is 1. The van der Waals surface area contributed by atoms with Crippen molar-refractivity contribution in [3.8, 4) is 5.75 Å². The summed E-state index contributed by atoms with van der Waals surface area (Å²) in [5, 5.41) is 2.78. The van der Waals surface area contributed by atoms with E-state index in [0.717, 1.165) is 12.8 Å². The van der Waals surface area contributed by atoms with Crippen molar-refractivity contribution in [1.29, 1.82) is 0 Å². The summed E-state index contributed by atoms with van der Waals surface area (Å²) >= 11 is 0. The molecule has 0 bridgehead atoms. The van der Waals surface area contributed by atoms with Gasteiger partial charge in [-0.15, -0.1) is 12.4 Å². The lowest BCUT2D eigenvalue weighted by Gasteiger charge is -2.32. The first-order chi connectivity index (χ1) is 12.5. The number of nitrogens with zero attached hydrogens (tertiary/aromatic N) is 1. The Morgan fingerprint density at radius 1 is 1.22 bits per heavy atom. The smallest absolute Gasteiger partial charge is 0.248 e. The second-order valence-electron chi connectivity index (χ2n) is 6.25. The molecule has 3 amide bonds. The lowest BCUT2D eigenvalue weighted by molar-refractivity contribution is -0.136. The quantitative estimate of drug-likeness (QED) is 0.579. The van der Waals surface area contributed by atoms with Gasteiger partial charge in [-0.05, 0) is 37.1 Å². The number of carbonyl (C=O) groups excluding carboxylic acids is 3. The van der Waals surface area contributed by atoms with E-state index in [4.69, 9.17) is 16.2 Å². The van der Waals surface area contributed by atoms with Crippen LogP contribution in [-0.4, -0.2) is 55.4 Å². The molecule has 150 valence electrons. The highest BCUT2D eigenvalue weighted by atomic mass is 35.5. The van der Waals surface area contributed by atoms with Crippen LogP contribution in [0.3, 0.4) is 0 Å². The van der Waals surface area contributed by atoms with Gasteiger partial charge in [-0.25, -0.2) is 0 Å². The predicted octanol–water partition coefficient (Wildman–Crippen LogP) is 0.290. The van der Waals surface area contributed by atoms with Crippen LogP contribution < -0.4 is 21.5 Å². The van der Waals surface area contributed by atoms with Crippen molar-refractivity contribution in [1.82, 2.24) is 10.2 Å². The van der Waals surface area contributed by atoms with E-state index in [1.165, 1.54) is 0 Å². The van der Waals surface area contributed by atoms with Gasteiger partial charge < -0.3 is 26.4 Å². The zero-order valence-corrected chi connectivity index (χ0v) is 16.0. The lowest BCUT2D eigenvalue weighted by Crippen LogP contribution is -2.46. The number of nitrogens with two attached hydrogens (primary N) is 2. The highest BCUT2D eigenvalue weighted by Gasteiger charge is 2.27. The average molecular weight is 399 g/mol. The molecule has 0 spiro atoms. The van der Waals surface area contributed by atoms with Gasteiger partial charge in [-0.3, -0.25) is 14.4 Å². The van der Waals surface area contributed by atoms with Gasteiger partial charge in [0.25, 0.3) is 0 Å². The van der Waals surface area contributed by atoms with Crippen LogP contribution in [0, 0.1) is 5.92 Å². The summed E-state index contributed by atoms with van der Waals surface area (Å²) in [4.78, 5) is 37.1. The second kappa shape index (κ2) is 11.4. The van der Waals surface area contributed by atoms with Gasteiger partial charge >= 0.3 is 0 Å². The number of carbonyl (C=O) groups is 3. The van der Waals surface area contributed by atoms with Crippen molar-refractivity contribution in [2.24, 2.45) is 17.4 Å². The first-order valence-electron chi connectivity index (χ1n) is 8.79. The van der Waals surface area contributed by atoms with Gasteiger partial charge in [0.05, 0.1) is 18.9 Å². The summed E-state index contributed by atoms with van der Waals surface area (Å²) in [6.07, 6.45) is 1.82. The molecule has 0 saturated carbocycles. The fourth-order valence-electron chi connectivity index (χ4n) is 2.89. The Bertz CT molecular complexity index is 639. The largest absolute Gasteiger partial charge is 0.493 e. The molecule has 2 rings (SSSR count). The van der Waals surface area contributed by atoms with E-state index in [1.54, 1.807) is 29.2 Å². The third kappa shape index (κ3) is 7.07. The fourth-order valence-corrected chi connectivity index (χ4v) is 2.89. The molecule has 9 heteroatoms. The number of primary amides is 1. The van der Waals surface area contributed by atoms with Crippen molar-refractivity contribution < 1.29 is 19.1 Å². The topological polar surface area (TPSA) is 128 Å². The fraction of sp³-hybridized carbons (Fsp3) is 0.500. The summed E-state index contributed by atoms with van der Waals surface area (Å²) in [6, 6.07) is 6.44. The number of benzene rings is 1. The number of nitrogens with one attached hydrogen (secondary N) is 1. The van der Waals surface area contributed by atoms with E-state index in [-0.39, 0.29) is 43.2 Å². The van der Waals surface area contributed by atoms with Crippen LogP contribution in [0.2, 0.25) is 0 Å². The molecular weight excluding hydrogens is 372 g/mol. The van der Waals surface area contributed by atoms with Crippen LogP contribution in [0.4, 0.5) is 0 Å². The molecule has 1 aliphatic heterocycles. The van der Waals surface area contributed by atoms with Crippen LogP contribution in [-0.2, 0) is 9.59 Å². The maximum atomic E-state index is 12.3. The second-order valence-corrected chi connectivity index (χ2v) is 6.25. The Kier molecular flexibility index (Phi) is 9.60. The molecule has 1 unspecified atom stereocenters. The minimum absolute atomic E-state index is 0. The number of hydrogen-bond acceptors (Lipinski definition) is 5. The van der Waals surface area contributed by atoms with Gasteiger partial charge in [0.2, 0.25) is 17.7 Å². The van der Waals surface area contributed by atoms with Crippen LogP contribution >= 0.6 is 12.4 Å². The van der Waals surface area contributed by atoms with E-state index in [2.05, 4.69) is 5.32 Å². The van der Waals surface area contributed by atoms with Crippen molar-refractivity contribution in [2.45, 2.75) is 19.3 Å². The number of piperidine rings is 1. The molecule has 8 nitrogen and oxygen atoms in total. The maximum Gasteiger partial charge on any atom is 0.248 e. The molecule has 1 fully saturated rings. The zero-order valence-electron chi connectivity index (χ0n) is 15.2. The summed E-state index contributed by atoms with van der Waals surface area (Å²) in [7, 11) is 0. The molecular formula is C18H27ClN4O4. The number of hydrogen-bond donors (Lipinski definition) is 3. The maximum absolute atomic E-state index is 12.3. The van der Waals surface area contributed by atoms with E-state index in [0.29, 0.717) is 37.5 Å². The van der Waals surface area contributed by atoms with Gasteiger partial charge in [-0.2, -0.15) is 0 Å². The molecule has 1 atom stereocenters. The third-order valence-electron chi connectivity index (χ3n) is 4.31. The number of ether oxygens (including phenoxy) is 1. The minimum Gasteiger partial charge on any atom is -0.493 e. The first kappa shape index (κ1) is 22.7. The highest BCUT2D eigenvalue weighted by molar-refractivity contribution is 5.92. The van der Waals surface area contributed by atoms with Crippen LogP contribution in [0.25, 0.3) is 0 Å². The first-order valence-corrected chi connectivity index (χ1v) is 8.79. The Labute approximate surface area is 165 Å². The number of rotatable bonds is 8. The van der Waals surface area contributed by atoms with Crippen LogP contribution in [0.15, 0.2) is 24.3 Å². The molecule has 1 aromatic rings. The Morgan fingerprint density at radius 2 is 1.93 bits per heavy atom. The van der Waals surface area contributed by atoms with Gasteiger partial charge in [-0.1, -0.05) is 0 Å². The summed E-state index contributed by atoms with van der Waals surface area (Å²) < 4.78 is 5.54. The van der Waals surface area contributed by atoms with E-state index >= 15 is 0 Å². The monoisotopic (exact) mass is 398 g/mol. The number of halogens is 1. The Hall–Kier alpha value is -2.32. The molecule has 27 heavy (non-hydrogen) atoms. The Balaban J connectivity index is 0.00000364. The van der Waals surface area contributed by atoms with Crippen LogP contribution in [0.5, 0.6) is 5.75 Å². The van der Waals surface area contributed by atoms with Crippen molar-refractivity contribution in [3.63, 3.8) is 0 Å².